The maximum atomic E-state index is 12.3. The molecule has 1 saturated heterocycles. The molecule has 1 aliphatic rings. The van der Waals surface area contributed by atoms with Gasteiger partial charge in [0.05, 0.1) is 17.2 Å². The van der Waals surface area contributed by atoms with Gasteiger partial charge in [-0.05, 0) is 32.0 Å². The third-order valence-electron chi connectivity index (χ3n) is 3.40. The van der Waals surface area contributed by atoms with Gasteiger partial charge in [0.25, 0.3) is 0 Å². The van der Waals surface area contributed by atoms with Crippen LogP contribution >= 0.6 is 27.5 Å². The standard InChI is InChI=1S/C14H20BrClN2O3S/c1-10-8-18(9-11(2)21-10)6-5-17-22(19,20)14-4-3-12(15)7-13(14)16/h3-4,7,10-11,17H,5-6,8-9H2,1-2H3. The van der Waals surface area contributed by atoms with Gasteiger partial charge in [0.1, 0.15) is 4.90 Å². The summed E-state index contributed by atoms with van der Waals surface area (Å²) in [7, 11) is -3.60. The van der Waals surface area contributed by atoms with Gasteiger partial charge in [-0.2, -0.15) is 0 Å². The van der Waals surface area contributed by atoms with E-state index in [1.165, 1.54) is 6.07 Å². The fraction of sp³-hybridized carbons (Fsp3) is 0.571. The summed E-state index contributed by atoms with van der Waals surface area (Å²) in [6.45, 7) is 6.65. The Kier molecular flexibility index (Phi) is 6.27. The number of hydrogen-bond acceptors (Lipinski definition) is 4. The molecule has 2 rings (SSSR count). The zero-order valence-electron chi connectivity index (χ0n) is 12.6. The average molecular weight is 412 g/mol. The van der Waals surface area contributed by atoms with Crippen LogP contribution in [-0.2, 0) is 14.8 Å². The van der Waals surface area contributed by atoms with Crippen molar-refractivity contribution in [1.29, 1.82) is 0 Å². The summed E-state index contributed by atoms with van der Waals surface area (Å²) in [6.07, 6.45) is 0.336. The largest absolute Gasteiger partial charge is 0.373 e. The van der Waals surface area contributed by atoms with E-state index in [1.54, 1.807) is 12.1 Å². The number of nitrogens with one attached hydrogen (secondary N) is 1. The van der Waals surface area contributed by atoms with Crippen molar-refractivity contribution in [3.05, 3.63) is 27.7 Å². The molecule has 0 aliphatic carbocycles. The lowest BCUT2D eigenvalue weighted by Gasteiger charge is -2.35. The van der Waals surface area contributed by atoms with Crippen LogP contribution in [0, 0.1) is 0 Å². The molecular formula is C14H20BrClN2O3S. The van der Waals surface area contributed by atoms with Gasteiger partial charge in [0, 0.05) is 30.7 Å². The van der Waals surface area contributed by atoms with Gasteiger partial charge in [-0.25, -0.2) is 13.1 Å². The van der Waals surface area contributed by atoms with Gasteiger partial charge in [-0.3, -0.25) is 4.90 Å². The molecule has 124 valence electrons. The van der Waals surface area contributed by atoms with Gasteiger partial charge in [0.2, 0.25) is 10.0 Å². The highest BCUT2D eigenvalue weighted by Crippen LogP contribution is 2.24. The second-order valence-corrected chi connectivity index (χ2v) is 8.55. The number of morpholine rings is 1. The first-order valence-corrected chi connectivity index (χ1v) is 9.76. The van der Waals surface area contributed by atoms with Crippen LogP contribution in [0.3, 0.4) is 0 Å². The van der Waals surface area contributed by atoms with E-state index in [-0.39, 0.29) is 22.1 Å². The Labute approximate surface area is 145 Å². The zero-order chi connectivity index (χ0) is 16.3. The fourth-order valence-corrected chi connectivity index (χ4v) is 4.63. The fourth-order valence-electron chi connectivity index (χ4n) is 2.58. The maximum Gasteiger partial charge on any atom is 0.242 e. The molecule has 0 radical (unpaired) electrons. The number of halogens is 2. The number of rotatable bonds is 5. The van der Waals surface area contributed by atoms with E-state index in [4.69, 9.17) is 16.3 Å². The third-order valence-corrected chi connectivity index (χ3v) is 5.84. The molecule has 1 fully saturated rings. The Morgan fingerprint density at radius 1 is 1.36 bits per heavy atom. The van der Waals surface area contributed by atoms with Gasteiger partial charge >= 0.3 is 0 Å². The Balaban J connectivity index is 1.93. The van der Waals surface area contributed by atoms with Crippen LogP contribution in [0.1, 0.15) is 13.8 Å². The summed E-state index contributed by atoms with van der Waals surface area (Å²) in [4.78, 5) is 2.30. The summed E-state index contributed by atoms with van der Waals surface area (Å²) in [5.74, 6) is 0. The van der Waals surface area contributed by atoms with Crippen LogP contribution in [-0.4, -0.2) is 51.7 Å². The number of benzene rings is 1. The van der Waals surface area contributed by atoms with Gasteiger partial charge in [-0.15, -0.1) is 0 Å². The molecule has 0 amide bonds. The molecule has 1 N–H and O–H groups in total. The quantitative estimate of drug-likeness (QED) is 0.809. The second-order valence-electron chi connectivity index (χ2n) is 5.49. The number of sulfonamides is 1. The summed E-state index contributed by atoms with van der Waals surface area (Å²) in [6, 6.07) is 4.72. The lowest BCUT2D eigenvalue weighted by molar-refractivity contribution is -0.0671. The van der Waals surface area contributed by atoms with Gasteiger partial charge < -0.3 is 4.74 Å². The molecule has 5 nitrogen and oxygen atoms in total. The van der Waals surface area contributed by atoms with Crippen LogP contribution in [0.25, 0.3) is 0 Å². The Hall–Kier alpha value is -0.180. The predicted molar refractivity (Wildman–Crippen MR) is 90.8 cm³/mol. The first kappa shape index (κ1) is 18.2. The summed E-state index contributed by atoms with van der Waals surface area (Å²) in [5, 5.41) is 0.204. The zero-order valence-corrected chi connectivity index (χ0v) is 15.7. The smallest absolute Gasteiger partial charge is 0.242 e. The maximum absolute atomic E-state index is 12.3. The Bertz CT molecular complexity index is 617. The van der Waals surface area contributed by atoms with E-state index >= 15 is 0 Å². The van der Waals surface area contributed by atoms with Crippen LogP contribution in [0.15, 0.2) is 27.6 Å². The van der Waals surface area contributed by atoms with Crippen molar-refractivity contribution in [2.24, 2.45) is 0 Å². The first-order valence-electron chi connectivity index (χ1n) is 7.10. The SMILES string of the molecule is CC1CN(CCNS(=O)(=O)c2ccc(Br)cc2Cl)CC(C)O1. The highest BCUT2D eigenvalue weighted by Gasteiger charge is 2.23. The molecule has 2 atom stereocenters. The molecule has 1 aromatic carbocycles. The van der Waals surface area contributed by atoms with E-state index in [2.05, 4.69) is 25.6 Å². The Morgan fingerprint density at radius 3 is 2.59 bits per heavy atom. The lowest BCUT2D eigenvalue weighted by Crippen LogP contribution is -2.47. The molecule has 1 heterocycles. The van der Waals surface area contributed by atoms with Crippen LogP contribution in [0.5, 0.6) is 0 Å². The van der Waals surface area contributed by atoms with Crippen molar-refractivity contribution in [2.45, 2.75) is 31.0 Å². The summed E-state index contributed by atoms with van der Waals surface area (Å²) in [5.41, 5.74) is 0. The normalized spacial score (nSPS) is 23.6. The van der Waals surface area contributed by atoms with Gasteiger partial charge in [0.15, 0.2) is 0 Å². The highest BCUT2D eigenvalue weighted by atomic mass is 79.9. The predicted octanol–water partition coefficient (Wildman–Crippen LogP) is 2.49. The molecule has 8 heteroatoms. The molecule has 0 saturated carbocycles. The van der Waals surface area contributed by atoms with Crippen LogP contribution in [0.2, 0.25) is 5.02 Å². The Morgan fingerprint density at radius 2 is 2.00 bits per heavy atom. The first-order chi connectivity index (χ1) is 10.3. The minimum Gasteiger partial charge on any atom is -0.373 e. The van der Waals surface area contributed by atoms with Crippen molar-refractivity contribution in [2.75, 3.05) is 26.2 Å². The average Bonchev–Trinajstić information content (AvgIpc) is 2.36. The van der Waals surface area contributed by atoms with E-state index in [1.807, 2.05) is 13.8 Å². The highest BCUT2D eigenvalue weighted by molar-refractivity contribution is 9.10. The summed E-state index contributed by atoms with van der Waals surface area (Å²) < 4.78 is 33.6. The van der Waals surface area contributed by atoms with Crippen molar-refractivity contribution in [3.8, 4) is 0 Å². The van der Waals surface area contributed by atoms with Gasteiger partial charge in [-0.1, -0.05) is 27.5 Å². The van der Waals surface area contributed by atoms with E-state index in [0.717, 1.165) is 17.6 Å². The molecule has 2 unspecified atom stereocenters. The van der Waals surface area contributed by atoms with Crippen LogP contribution in [0.4, 0.5) is 0 Å². The second kappa shape index (κ2) is 7.59. The van der Waals surface area contributed by atoms with Crippen molar-refractivity contribution in [1.82, 2.24) is 9.62 Å². The van der Waals surface area contributed by atoms with Crippen LogP contribution < -0.4 is 4.72 Å². The molecule has 1 aliphatic heterocycles. The van der Waals surface area contributed by atoms with E-state index in [0.29, 0.717) is 13.1 Å². The molecular weight excluding hydrogens is 392 g/mol. The molecule has 0 aromatic heterocycles. The van der Waals surface area contributed by atoms with Crippen molar-refractivity contribution >= 4 is 37.6 Å². The summed E-state index contributed by atoms with van der Waals surface area (Å²) >= 11 is 9.26. The minimum atomic E-state index is -3.60. The van der Waals surface area contributed by atoms with E-state index in [9.17, 15) is 8.42 Å². The third kappa shape index (κ3) is 4.91. The monoisotopic (exact) mass is 410 g/mol. The minimum absolute atomic E-state index is 0.0982. The number of ether oxygens (including phenoxy) is 1. The molecule has 0 spiro atoms. The van der Waals surface area contributed by atoms with Crippen molar-refractivity contribution in [3.63, 3.8) is 0 Å². The molecule has 1 aromatic rings. The number of hydrogen-bond donors (Lipinski definition) is 1. The van der Waals surface area contributed by atoms with Crippen molar-refractivity contribution < 1.29 is 13.2 Å². The number of nitrogens with zero attached hydrogens (tertiary/aromatic N) is 1. The van der Waals surface area contributed by atoms with E-state index < -0.39 is 10.0 Å². The topological polar surface area (TPSA) is 58.6 Å². The molecule has 0 bridgehead atoms. The lowest BCUT2D eigenvalue weighted by atomic mass is 10.2. The molecule has 22 heavy (non-hydrogen) atoms.